The second-order valence-corrected chi connectivity index (χ2v) is 18.2. The lowest BCUT2D eigenvalue weighted by Gasteiger charge is -2.22. The van der Waals surface area contributed by atoms with Gasteiger partial charge in [-0.25, -0.2) is 0 Å². The van der Waals surface area contributed by atoms with Gasteiger partial charge in [-0.2, -0.15) is 0 Å². The van der Waals surface area contributed by atoms with Gasteiger partial charge >= 0.3 is 5.97 Å². The summed E-state index contributed by atoms with van der Waals surface area (Å²) in [6.45, 7) is 4.92. The maximum absolute atomic E-state index is 12.4. The molecule has 2 atom stereocenters. The number of rotatable bonds is 49. The number of carbonyl (C=O) groups is 2. The minimum Gasteiger partial charge on any atom is -0.466 e. The monoisotopic (exact) mass is 834 g/mol. The molecule has 6 nitrogen and oxygen atoms in total. The first kappa shape index (κ1) is 57.6. The second-order valence-electron chi connectivity index (χ2n) is 18.2. The minimum atomic E-state index is -0.670. The standard InChI is InChI=1S/C53H103NO5/c1-3-5-7-9-11-13-15-17-21-25-29-33-37-41-45-51(56)50(49-55)54-52(57)46-42-38-34-30-26-22-19-20-24-28-32-36-40-44-48-59-53(58)47-43-39-35-31-27-23-18-16-14-12-10-8-6-4-2/h16,18,50-51,55-56H,3-15,17,19-49H2,1-2H3,(H,54,57)/b18-16-. The maximum atomic E-state index is 12.4. The fourth-order valence-corrected chi connectivity index (χ4v) is 8.22. The van der Waals surface area contributed by atoms with Crippen molar-refractivity contribution in [2.75, 3.05) is 13.2 Å². The number of nitrogens with one attached hydrogen (secondary N) is 1. The molecule has 0 rings (SSSR count). The molecular formula is C53H103NO5. The van der Waals surface area contributed by atoms with E-state index in [4.69, 9.17) is 4.74 Å². The molecule has 0 aromatic rings. The zero-order valence-electron chi connectivity index (χ0n) is 39.7. The zero-order chi connectivity index (χ0) is 43.0. The molecule has 1 amide bonds. The van der Waals surface area contributed by atoms with Crippen molar-refractivity contribution in [1.82, 2.24) is 5.32 Å². The summed E-state index contributed by atoms with van der Waals surface area (Å²) in [7, 11) is 0. The van der Waals surface area contributed by atoms with E-state index in [1.54, 1.807) is 0 Å². The Kier molecular flexibility index (Phi) is 48.1. The van der Waals surface area contributed by atoms with Crippen LogP contribution in [0, 0.1) is 0 Å². The van der Waals surface area contributed by atoms with Crippen LogP contribution in [0.25, 0.3) is 0 Å². The summed E-state index contributed by atoms with van der Waals surface area (Å²) in [6.07, 6.45) is 56.0. The van der Waals surface area contributed by atoms with E-state index in [1.165, 1.54) is 205 Å². The van der Waals surface area contributed by atoms with Gasteiger partial charge in [0, 0.05) is 12.8 Å². The van der Waals surface area contributed by atoms with Crippen molar-refractivity contribution >= 4 is 11.9 Å². The molecular weight excluding hydrogens is 731 g/mol. The lowest BCUT2D eigenvalue weighted by molar-refractivity contribution is -0.143. The van der Waals surface area contributed by atoms with Gasteiger partial charge in [0.1, 0.15) is 0 Å². The van der Waals surface area contributed by atoms with Crippen molar-refractivity contribution in [3.05, 3.63) is 12.2 Å². The van der Waals surface area contributed by atoms with E-state index in [2.05, 4.69) is 31.3 Å². The molecule has 0 aliphatic rings. The topological polar surface area (TPSA) is 95.9 Å². The molecule has 0 saturated carbocycles. The molecule has 2 unspecified atom stereocenters. The van der Waals surface area contributed by atoms with Crippen molar-refractivity contribution in [1.29, 1.82) is 0 Å². The van der Waals surface area contributed by atoms with Gasteiger partial charge in [-0.05, 0) is 51.4 Å². The number of allylic oxidation sites excluding steroid dienone is 2. The third-order valence-corrected chi connectivity index (χ3v) is 12.3. The predicted octanol–water partition coefficient (Wildman–Crippen LogP) is 15.7. The summed E-state index contributed by atoms with van der Waals surface area (Å²) in [5.74, 6) is -0.0552. The van der Waals surface area contributed by atoms with E-state index in [0.717, 1.165) is 51.4 Å². The Morgan fingerprint density at radius 2 is 0.797 bits per heavy atom. The smallest absolute Gasteiger partial charge is 0.305 e. The third-order valence-electron chi connectivity index (χ3n) is 12.3. The first-order chi connectivity index (χ1) is 29.0. The van der Waals surface area contributed by atoms with Crippen LogP contribution in [0.3, 0.4) is 0 Å². The van der Waals surface area contributed by atoms with Gasteiger partial charge in [0.25, 0.3) is 0 Å². The molecule has 0 aromatic carbocycles. The highest BCUT2D eigenvalue weighted by molar-refractivity contribution is 5.76. The number of amides is 1. The number of aliphatic hydroxyl groups excluding tert-OH is 2. The van der Waals surface area contributed by atoms with E-state index in [9.17, 15) is 19.8 Å². The van der Waals surface area contributed by atoms with E-state index in [0.29, 0.717) is 25.9 Å². The molecule has 3 N–H and O–H groups in total. The van der Waals surface area contributed by atoms with Crippen LogP contribution >= 0.6 is 0 Å². The zero-order valence-corrected chi connectivity index (χ0v) is 39.7. The van der Waals surface area contributed by atoms with Crippen molar-refractivity contribution in [2.24, 2.45) is 0 Å². The predicted molar refractivity (Wildman–Crippen MR) is 255 cm³/mol. The van der Waals surface area contributed by atoms with Crippen molar-refractivity contribution in [2.45, 2.75) is 302 Å². The molecule has 6 heteroatoms. The van der Waals surface area contributed by atoms with Crippen LogP contribution in [0.4, 0.5) is 0 Å². The van der Waals surface area contributed by atoms with Gasteiger partial charge < -0.3 is 20.3 Å². The summed E-state index contributed by atoms with van der Waals surface area (Å²) in [4.78, 5) is 24.5. The molecule has 0 saturated heterocycles. The fourth-order valence-electron chi connectivity index (χ4n) is 8.22. The van der Waals surface area contributed by atoms with Crippen molar-refractivity contribution < 1.29 is 24.5 Å². The van der Waals surface area contributed by atoms with E-state index in [1.807, 2.05) is 0 Å². The summed E-state index contributed by atoms with van der Waals surface area (Å²) in [5.41, 5.74) is 0. The molecule has 0 bridgehead atoms. The van der Waals surface area contributed by atoms with Gasteiger partial charge in [0.05, 0.1) is 25.4 Å². The average molecular weight is 834 g/mol. The Bertz CT molecular complexity index is 878. The average Bonchev–Trinajstić information content (AvgIpc) is 3.24. The SMILES string of the molecule is CCCCCCC/C=C\CCCCCCCC(=O)OCCCCCCCCCCCCCCCCC(=O)NC(CO)C(O)CCCCCCCCCCCCCCCC. The normalized spacial score (nSPS) is 12.7. The van der Waals surface area contributed by atoms with Gasteiger partial charge in [-0.15, -0.1) is 0 Å². The highest BCUT2D eigenvalue weighted by atomic mass is 16.5. The molecule has 0 spiro atoms. The molecule has 350 valence electrons. The number of hydrogen-bond acceptors (Lipinski definition) is 5. The molecule has 0 aliphatic carbocycles. The Hall–Kier alpha value is -1.40. The molecule has 0 heterocycles. The number of unbranched alkanes of at least 4 members (excludes halogenated alkanes) is 36. The summed E-state index contributed by atoms with van der Waals surface area (Å²) in [6, 6.07) is -0.548. The highest BCUT2D eigenvalue weighted by Gasteiger charge is 2.20. The first-order valence-electron chi connectivity index (χ1n) is 26.4. The number of esters is 1. The first-order valence-corrected chi connectivity index (χ1v) is 26.4. The van der Waals surface area contributed by atoms with Crippen molar-refractivity contribution in [3.63, 3.8) is 0 Å². The van der Waals surface area contributed by atoms with E-state index in [-0.39, 0.29) is 18.5 Å². The molecule has 0 aromatic heterocycles. The summed E-state index contributed by atoms with van der Waals surface area (Å²) in [5, 5.41) is 23.2. The van der Waals surface area contributed by atoms with Crippen molar-refractivity contribution in [3.8, 4) is 0 Å². The Balaban J connectivity index is 3.44. The van der Waals surface area contributed by atoms with Crippen LogP contribution in [0.2, 0.25) is 0 Å². The van der Waals surface area contributed by atoms with Gasteiger partial charge in [-0.1, -0.05) is 238 Å². The number of hydrogen-bond donors (Lipinski definition) is 3. The quantitative estimate of drug-likeness (QED) is 0.0322. The number of ether oxygens (including phenoxy) is 1. The van der Waals surface area contributed by atoms with Gasteiger partial charge in [0.15, 0.2) is 0 Å². The lowest BCUT2D eigenvalue weighted by atomic mass is 10.0. The highest BCUT2D eigenvalue weighted by Crippen LogP contribution is 2.17. The Labute approximate surface area is 368 Å². The molecule has 59 heavy (non-hydrogen) atoms. The second kappa shape index (κ2) is 49.3. The third kappa shape index (κ3) is 45.9. The lowest BCUT2D eigenvalue weighted by Crippen LogP contribution is -2.45. The Morgan fingerprint density at radius 3 is 1.20 bits per heavy atom. The van der Waals surface area contributed by atoms with E-state index < -0.39 is 12.1 Å². The van der Waals surface area contributed by atoms with Crippen LogP contribution in [-0.2, 0) is 14.3 Å². The van der Waals surface area contributed by atoms with Crippen LogP contribution in [-0.4, -0.2) is 47.4 Å². The summed E-state index contributed by atoms with van der Waals surface area (Å²) >= 11 is 0. The molecule has 0 fully saturated rings. The number of aliphatic hydroxyl groups is 2. The van der Waals surface area contributed by atoms with Crippen LogP contribution in [0.1, 0.15) is 290 Å². The number of carbonyl (C=O) groups excluding carboxylic acids is 2. The maximum Gasteiger partial charge on any atom is 0.305 e. The van der Waals surface area contributed by atoms with Crippen LogP contribution < -0.4 is 5.32 Å². The summed E-state index contributed by atoms with van der Waals surface area (Å²) < 4.78 is 5.46. The Morgan fingerprint density at radius 1 is 0.458 bits per heavy atom. The minimum absolute atomic E-state index is 0.0104. The van der Waals surface area contributed by atoms with E-state index >= 15 is 0 Å². The molecule has 0 aliphatic heterocycles. The fraction of sp³-hybridized carbons (Fsp3) is 0.925. The molecule has 0 radical (unpaired) electrons. The van der Waals surface area contributed by atoms with Gasteiger partial charge in [-0.3, -0.25) is 9.59 Å². The largest absolute Gasteiger partial charge is 0.466 e. The van der Waals surface area contributed by atoms with Gasteiger partial charge in [0.2, 0.25) is 5.91 Å². The van der Waals surface area contributed by atoms with Crippen LogP contribution in [0.15, 0.2) is 12.2 Å². The van der Waals surface area contributed by atoms with Crippen LogP contribution in [0.5, 0.6) is 0 Å².